The van der Waals surface area contributed by atoms with Crippen molar-refractivity contribution in [1.82, 2.24) is 4.90 Å². The van der Waals surface area contributed by atoms with Gasteiger partial charge in [0, 0.05) is 13.1 Å². The molecule has 5 nitrogen and oxygen atoms in total. The van der Waals surface area contributed by atoms with Crippen LogP contribution in [0, 0.1) is 0 Å². The maximum atomic E-state index is 12.1. The summed E-state index contributed by atoms with van der Waals surface area (Å²) in [5, 5.41) is 8.85. The van der Waals surface area contributed by atoms with E-state index in [2.05, 4.69) is 0 Å². The molecule has 1 aromatic heterocycles. The first kappa shape index (κ1) is 13.3. The first-order valence-corrected chi connectivity index (χ1v) is 5.64. The van der Waals surface area contributed by atoms with Crippen LogP contribution >= 0.6 is 0 Å². The highest BCUT2D eigenvalue weighted by Gasteiger charge is 2.28. The Morgan fingerprint density at radius 1 is 1.41 bits per heavy atom. The molecule has 5 heteroatoms. The molecule has 1 heterocycles. The van der Waals surface area contributed by atoms with Crippen molar-refractivity contribution in [3.63, 3.8) is 0 Å². The van der Waals surface area contributed by atoms with Gasteiger partial charge in [-0.2, -0.15) is 0 Å². The van der Waals surface area contributed by atoms with Gasteiger partial charge in [-0.1, -0.05) is 0 Å². The quantitative estimate of drug-likeness (QED) is 0.820. The number of nitrogens with zero attached hydrogens (tertiary/aromatic N) is 1. The SMILES string of the molecule is CCN(CC)C(=O)C(CC(=O)O)c1ccco1. The fourth-order valence-corrected chi connectivity index (χ4v) is 1.73. The molecule has 1 unspecified atom stereocenters. The van der Waals surface area contributed by atoms with Crippen molar-refractivity contribution in [3.8, 4) is 0 Å². The van der Waals surface area contributed by atoms with Gasteiger partial charge in [-0.05, 0) is 26.0 Å². The summed E-state index contributed by atoms with van der Waals surface area (Å²) in [7, 11) is 0. The molecule has 0 bridgehead atoms. The highest BCUT2D eigenvalue weighted by atomic mass is 16.4. The Bertz CT molecular complexity index is 368. The van der Waals surface area contributed by atoms with Crippen LogP contribution in [0.1, 0.15) is 31.9 Å². The summed E-state index contributed by atoms with van der Waals surface area (Å²) in [6.07, 6.45) is 1.20. The topological polar surface area (TPSA) is 70.8 Å². The highest BCUT2D eigenvalue weighted by molar-refractivity contribution is 5.87. The van der Waals surface area contributed by atoms with Gasteiger partial charge in [0.2, 0.25) is 5.91 Å². The monoisotopic (exact) mass is 239 g/mol. The Morgan fingerprint density at radius 3 is 2.47 bits per heavy atom. The van der Waals surface area contributed by atoms with Crippen LogP contribution < -0.4 is 0 Å². The first-order valence-electron chi connectivity index (χ1n) is 5.64. The Labute approximate surface area is 100 Å². The lowest BCUT2D eigenvalue weighted by Gasteiger charge is -2.23. The van der Waals surface area contributed by atoms with Crippen molar-refractivity contribution in [2.24, 2.45) is 0 Å². The van der Waals surface area contributed by atoms with Crippen LogP contribution in [-0.4, -0.2) is 35.0 Å². The van der Waals surface area contributed by atoms with Gasteiger partial charge < -0.3 is 14.4 Å². The zero-order valence-electron chi connectivity index (χ0n) is 10.0. The summed E-state index contributed by atoms with van der Waals surface area (Å²) in [5.74, 6) is -1.54. The average molecular weight is 239 g/mol. The second-order valence-corrected chi connectivity index (χ2v) is 3.68. The molecular weight excluding hydrogens is 222 g/mol. The second-order valence-electron chi connectivity index (χ2n) is 3.68. The standard InChI is InChI=1S/C12H17NO4/c1-3-13(4-2)12(16)9(8-11(14)15)10-6-5-7-17-10/h5-7,9H,3-4,8H2,1-2H3,(H,14,15). The molecule has 1 rings (SSSR count). The Hall–Kier alpha value is -1.78. The fourth-order valence-electron chi connectivity index (χ4n) is 1.73. The van der Waals surface area contributed by atoms with E-state index in [4.69, 9.17) is 9.52 Å². The van der Waals surface area contributed by atoms with Crippen LogP contribution in [0.5, 0.6) is 0 Å². The summed E-state index contributed by atoms with van der Waals surface area (Å²) in [5.41, 5.74) is 0. The minimum Gasteiger partial charge on any atom is -0.481 e. The van der Waals surface area contributed by atoms with E-state index in [1.807, 2.05) is 13.8 Å². The van der Waals surface area contributed by atoms with Gasteiger partial charge in [0.15, 0.2) is 0 Å². The van der Waals surface area contributed by atoms with E-state index < -0.39 is 11.9 Å². The van der Waals surface area contributed by atoms with Gasteiger partial charge in [0.25, 0.3) is 0 Å². The molecule has 1 amide bonds. The molecular formula is C12H17NO4. The van der Waals surface area contributed by atoms with E-state index in [0.29, 0.717) is 18.8 Å². The van der Waals surface area contributed by atoms with Gasteiger partial charge in [-0.3, -0.25) is 9.59 Å². The smallest absolute Gasteiger partial charge is 0.304 e. The second kappa shape index (κ2) is 6.08. The molecule has 1 atom stereocenters. The minimum absolute atomic E-state index is 0.202. The molecule has 1 N–H and O–H groups in total. The summed E-state index contributed by atoms with van der Waals surface area (Å²) in [6, 6.07) is 3.29. The number of aliphatic carboxylic acids is 1. The number of hydrogen-bond donors (Lipinski definition) is 1. The van der Waals surface area contributed by atoms with Crippen molar-refractivity contribution in [2.45, 2.75) is 26.2 Å². The molecule has 0 fully saturated rings. The number of carbonyl (C=O) groups is 2. The van der Waals surface area contributed by atoms with Crippen molar-refractivity contribution in [3.05, 3.63) is 24.2 Å². The normalized spacial score (nSPS) is 12.1. The zero-order valence-corrected chi connectivity index (χ0v) is 10.0. The summed E-state index contributed by atoms with van der Waals surface area (Å²) < 4.78 is 5.15. The Morgan fingerprint density at radius 2 is 2.06 bits per heavy atom. The third kappa shape index (κ3) is 3.34. The Kier molecular flexibility index (Phi) is 4.75. The van der Waals surface area contributed by atoms with Gasteiger partial charge in [-0.15, -0.1) is 0 Å². The number of rotatable bonds is 6. The number of furan rings is 1. The third-order valence-corrected chi connectivity index (χ3v) is 2.64. The van der Waals surface area contributed by atoms with E-state index >= 15 is 0 Å². The summed E-state index contributed by atoms with van der Waals surface area (Å²) >= 11 is 0. The van der Waals surface area contributed by atoms with Crippen LogP contribution in [0.3, 0.4) is 0 Å². The largest absolute Gasteiger partial charge is 0.481 e. The maximum absolute atomic E-state index is 12.1. The molecule has 1 aromatic rings. The van der Waals surface area contributed by atoms with Crippen molar-refractivity contribution in [1.29, 1.82) is 0 Å². The first-order chi connectivity index (χ1) is 8.10. The maximum Gasteiger partial charge on any atom is 0.304 e. The number of carboxylic acids is 1. The lowest BCUT2D eigenvalue weighted by molar-refractivity contribution is -0.142. The van der Waals surface area contributed by atoms with E-state index in [1.165, 1.54) is 6.26 Å². The van der Waals surface area contributed by atoms with Gasteiger partial charge >= 0.3 is 5.97 Å². The Balaban J connectivity index is 2.90. The molecule has 17 heavy (non-hydrogen) atoms. The van der Waals surface area contributed by atoms with Gasteiger partial charge in [0.05, 0.1) is 12.7 Å². The molecule has 0 aliphatic rings. The van der Waals surface area contributed by atoms with Gasteiger partial charge in [-0.25, -0.2) is 0 Å². The molecule has 0 aliphatic carbocycles. The van der Waals surface area contributed by atoms with Crippen LogP contribution in [0.2, 0.25) is 0 Å². The van der Waals surface area contributed by atoms with E-state index in [1.54, 1.807) is 17.0 Å². The van der Waals surface area contributed by atoms with E-state index in [-0.39, 0.29) is 12.3 Å². The number of carbonyl (C=O) groups excluding carboxylic acids is 1. The molecule has 0 saturated heterocycles. The lowest BCUT2D eigenvalue weighted by Crippen LogP contribution is -2.35. The molecule has 0 spiro atoms. The molecule has 0 radical (unpaired) electrons. The van der Waals surface area contributed by atoms with E-state index in [9.17, 15) is 9.59 Å². The minimum atomic E-state index is -1.01. The zero-order chi connectivity index (χ0) is 12.8. The number of hydrogen-bond acceptors (Lipinski definition) is 3. The molecule has 0 saturated carbocycles. The van der Waals surface area contributed by atoms with Crippen molar-refractivity contribution < 1.29 is 19.1 Å². The average Bonchev–Trinajstić information content (AvgIpc) is 2.80. The molecule has 94 valence electrons. The predicted molar refractivity (Wildman–Crippen MR) is 61.6 cm³/mol. The van der Waals surface area contributed by atoms with Crippen LogP contribution in [-0.2, 0) is 9.59 Å². The lowest BCUT2D eigenvalue weighted by atomic mass is 10.0. The highest BCUT2D eigenvalue weighted by Crippen LogP contribution is 2.22. The predicted octanol–water partition coefficient (Wildman–Crippen LogP) is 1.71. The van der Waals surface area contributed by atoms with Crippen molar-refractivity contribution >= 4 is 11.9 Å². The molecule has 0 aliphatic heterocycles. The van der Waals surface area contributed by atoms with Crippen molar-refractivity contribution in [2.75, 3.05) is 13.1 Å². The van der Waals surface area contributed by atoms with Crippen LogP contribution in [0.25, 0.3) is 0 Å². The third-order valence-electron chi connectivity index (χ3n) is 2.64. The van der Waals surface area contributed by atoms with Crippen LogP contribution in [0.15, 0.2) is 22.8 Å². The molecule has 0 aromatic carbocycles. The number of carboxylic acid groups (broad SMARTS) is 1. The summed E-state index contributed by atoms with van der Waals surface area (Å²) in [6.45, 7) is 4.85. The number of likely N-dealkylation sites (N-methyl/N-ethyl adjacent to an activating group) is 1. The van der Waals surface area contributed by atoms with E-state index in [0.717, 1.165) is 0 Å². The number of amides is 1. The van der Waals surface area contributed by atoms with Gasteiger partial charge in [0.1, 0.15) is 11.7 Å². The summed E-state index contributed by atoms with van der Waals surface area (Å²) in [4.78, 5) is 24.5. The van der Waals surface area contributed by atoms with Crippen LogP contribution in [0.4, 0.5) is 0 Å². The fraction of sp³-hybridized carbons (Fsp3) is 0.500.